The van der Waals surface area contributed by atoms with Gasteiger partial charge >= 0.3 is 6.03 Å². The van der Waals surface area contributed by atoms with E-state index in [0.717, 1.165) is 11.4 Å². The van der Waals surface area contributed by atoms with Crippen LogP contribution in [0.5, 0.6) is 0 Å². The normalized spacial score (nSPS) is 11.0. The molecule has 0 aliphatic rings. The van der Waals surface area contributed by atoms with Gasteiger partial charge in [0, 0.05) is 35.6 Å². The number of benzene rings is 3. The zero-order valence-electron chi connectivity index (χ0n) is 18.3. The minimum Gasteiger partial charge on any atom is -0.350 e. The van der Waals surface area contributed by atoms with E-state index in [4.69, 9.17) is 5.73 Å². The average molecular weight is 443 g/mol. The highest BCUT2D eigenvalue weighted by atomic mass is 16.5. The third-order valence-corrected chi connectivity index (χ3v) is 4.90. The Labute approximate surface area is 193 Å². The van der Waals surface area contributed by atoms with Gasteiger partial charge in [0.15, 0.2) is 0 Å². The number of hydrogen-bond donors (Lipinski definition) is 3. The zero-order chi connectivity index (χ0) is 23.6. The molecule has 3 aromatic rings. The van der Waals surface area contributed by atoms with E-state index in [1.807, 2.05) is 60.7 Å². The summed E-state index contributed by atoms with van der Waals surface area (Å²) in [6, 6.07) is 25.1. The maximum absolute atomic E-state index is 12.7. The number of nitrogens with zero attached hydrogens (tertiary/aromatic N) is 2. The standard InChI is InChI=1S/C26H26N4O3/c1-20(30(33)26(27)32)15-16-21-9-8-10-22(19-21)25(31)28-17-18-29(23-11-4-2-5-12-23)24-13-6-3-7-14-24/h2-14,19-20,33H,17-18H2,1H3,(H2,27,32)(H,28,31)/t20-/m1/s1. The van der Waals surface area contributed by atoms with Crippen LogP contribution in [0.15, 0.2) is 84.9 Å². The second-order valence-electron chi connectivity index (χ2n) is 7.29. The third-order valence-electron chi connectivity index (χ3n) is 4.90. The summed E-state index contributed by atoms with van der Waals surface area (Å²) >= 11 is 0. The molecule has 168 valence electrons. The van der Waals surface area contributed by atoms with Crippen LogP contribution >= 0.6 is 0 Å². The molecule has 7 nitrogen and oxygen atoms in total. The molecule has 0 aliphatic heterocycles. The van der Waals surface area contributed by atoms with E-state index < -0.39 is 12.1 Å². The molecule has 1 atom stereocenters. The van der Waals surface area contributed by atoms with Crippen LogP contribution in [0.1, 0.15) is 22.8 Å². The Morgan fingerprint density at radius 3 is 2.15 bits per heavy atom. The summed E-state index contributed by atoms with van der Waals surface area (Å²) in [6.07, 6.45) is 0. The fourth-order valence-corrected chi connectivity index (χ4v) is 3.18. The molecule has 0 unspecified atom stereocenters. The minimum atomic E-state index is -0.982. The van der Waals surface area contributed by atoms with Crippen LogP contribution in [-0.2, 0) is 0 Å². The van der Waals surface area contributed by atoms with E-state index in [1.54, 1.807) is 31.2 Å². The summed E-state index contributed by atoms with van der Waals surface area (Å²) < 4.78 is 0. The van der Waals surface area contributed by atoms with Gasteiger partial charge in [-0.05, 0) is 49.4 Å². The van der Waals surface area contributed by atoms with Crippen LogP contribution in [-0.4, -0.2) is 41.3 Å². The molecule has 3 amide bonds. The molecule has 3 rings (SSSR count). The highest BCUT2D eigenvalue weighted by Crippen LogP contribution is 2.24. The number of para-hydroxylation sites is 2. The van der Waals surface area contributed by atoms with Crippen molar-refractivity contribution in [1.82, 2.24) is 10.4 Å². The quantitative estimate of drug-likeness (QED) is 0.295. The second kappa shape index (κ2) is 11.4. The predicted molar refractivity (Wildman–Crippen MR) is 128 cm³/mol. The molecule has 0 saturated heterocycles. The van der Waals surface area contributed by atoms with E-state index in [-0.39, 0.29) is 5.91 Å². The largest absolute Gasteiger partial charge is 0.350 e. The van der Waals surface area contributed by atoms with E-state index in [2.05, 4.69) is 22.1 Å². The van der Waals surface area contributed by atoms with Gasteiger partial charge in [0.1, 0.15) is 6.04 Å². The van der Waals surface area contributed by atoms with Crippen molar-refractivity contribution in [1.29, 1.82) is 0 Å². The van der Waals surface area contributed by atoms with Crippen molar-refractivity contribution in [2.45, 2.75) is 13.0 Å². The fraction of sp³-hybridized carbons (Fsp3) is 0.154. The first kappa shape index (κ1) is 23.4. The number of carbonyl (C=O) groups is 2. The number of anilines is 2. The zero-order valence-corrected chi connectivity index (χ0v) is 18.3. The molecule has 0 heterocycles. The van der Waals surface area contributed by atoms with E-state index >= 15 is 0 Å². The predicted octanol–water partition coefficient (Wildman–Crippen LogP) is 3.76. The van der Waals surface area contributed by atoms with Gasteiger partial charge in [-0.2, -0.15) is 5.06 Å². The lowest BCUT2D eigenvalue weighted by molar-refractivity contribution is -0.0536. The lowest BCUT2D eigenvalue weighted by atomic mass is 10.1. The van der Waals surface area contributed by atoms with E-state index in [1.165, 1.54) is 0 Å². The first-order chi connectivity index (χ1) is 16.0. The molecule has 0 spiro atoms. The van der Waals surface area contributed by atoms with Crippen LogP contribution in [0.4, 0.5) is 16.2 Å². The number of hydroxylamine groups is 2. The molecule has 0 fully saturated rings. The first-order valence-corrected chi connectivity index (χ1v) is 10.5. The van der Waals surface area contributed by atoms with Gasteiger partial charge in [0.05, 0.1) is 0 Å². The monoisotopic (exact) mass is 442 g/mol. The third kappa shape index (κ3) is 6.60. The van der Waals surface area contributed by atoms with Crippen molar-refractivity contribution in [3.05, 3.63) is 96.1 Å². The molecule has 0 aliphatic carbocycles. The number of primary amides is 1. The van der Waals surface area contributed by atoms with Crippen molar-refractivity contribution in [2.75, 3.05) is 18.0 Å². The number of rotatable bonds is 7. The van der Waals surface area contributed by atoms with Gasteiger partial charge in [-0.25, -0.2) is 4.79 Å². The molecule has 0 aromatic heterocycles. The van der Waals surface area contributed by atoms with E-state index in [0.29, 0.717) is 29.3 Å². The topological polar surface area (TPSA) is 98.9 Å². The Hall–Kier alpha value is -4.28. The molecule has 0 radical (unpaired) electrons. The summed E-state index contributed by atoms with van der Waals surface area (Å²) in [6.45, 7) is 2.57. The highest BCUT2D eigenvalue weighted by molar-refractivity contribution is 5.94. The number of amides is 3. The number of hydrogen-bond acceptors (Lipinski definition) is 4. The van der Waals surface area contributed by atoms with Gasteiger partial charge < -0.3 is 16.0 Å². The SMILES string of the molecule is C[C@H](C#Cc1cccc(C(=O)NCCN(c2ccccc2)c2ccccc2)c1)N(O)C(N)=O. The molecule has 0 saturated carbocycles. The maximum atomic E-state index is 12.7. The molecule has 3 aromatic carbocycles. The van der Waals surface area contributed by atoms with Crippen molar-refractivity contribution < 1.29 is 14.8 Å². The molecule has 0 bridgehead atoms. The number of nitrogens with two attached hydrogens (primary N) is 1. The average Bonchev–Trinajstić information content (AvgIpc) is 2.85. The van der Waals surface area contributed by atoms with Crippen LogP contribution in [0.25, 0.3) is 0 Å². The first-order valence-electron chi connectivity index (χ1n) is 10.5. The molecule has 4 N–H and O–H groups in total. The van der Waals surface area contributed by atoms with Crippen molar-refractivity contribution >= 4 is 23.3 Å². The summed E-state index contributed by atoms with van der Waals surface area (Å²) in [5.41, 5.74) is 8.16. The van der Waals surface area contributed by atoms with E-state index in [9.17, 15) is 14.8 Å². The van der Waals surface area contributed by atoms with Crippen molar-refractivity contribution in [3.63, 3.8) is 0 Å². The number of urea groups is 1. The Balaban J connectivity index is 1.65. The summed E-state index contributed by atoms with van der Waals surface area (Å²) in [5, 5.41) is 12.8. The Morgan fingerprint density at radius 2 is 1.58 bits per heavy atom. The lowest BCUT2D eigenvalue weighted by Crippen LogP contribution is -2.38. The van der Waals surface area contributed by atoms with Crippen LogP contribution in [0, 0.1) is 11.8 Å². The van der Waals surface area contributed by atoms with Crippen molar-refractivity contribution in [2.24, 2.45) is 5.73 Å². The van der Waals surface area contributed by atoms with Gasteiger partial charge in [-0.3, -0.25) is 10.0 Å². The summed E-state index contributed by atoms with van der Waals surface area (Å²) in [5.74, 6) is 5.36. The van der Waals surface area contributed by atoms with Crippen LogP contribution in [0.3, 0.4) is 0 Å². The Morgan fingerprint density at radius 1 is 0.970 bits per heavy atom. The van der Waals surface area contributed by atoms with Gasteiger partial charge in [0.25, 0.3) is 5.91 Å². The summed E-state index contributed by atoms with van der Waals surface area (Å²) in [7, 11) is 0. The van der Waals surface area contributed by atoms with Crippen LogP contribution in [0.2, 0.25) is 0 Å². The lowest BCUT2D eigenvalue weighted by Gasteiger charge is -2.25. The smallest absolute Gasteiger partial charge is 0.339 e. The maximum Gasteiger partial charge on any atom is 0.339 e. The molecule has 7 heteroatoms. The molecule has 33 heavy (non-hydrogen) atoms. The van der Waals surface area contributed by atoms with Gasteiger partial charge in [-0.15, -0.1) is 0 Å². The number of nitrogens with one attached hydrogen (secondary N) is 1. The van der Waals surface area contributed by atoms with Crippen molar-refractivity contribution in [3.8, 4) is 11.8 Å². The number of carbonyl (C=O) groups excluding carboxylic acids is 2. The highest BCUT2D eigenvalue weighted by Gasteiger charge is 2.12. The Bertz CT molecular complexity index is 1100. The second-order valence-corrected chi connectivity index (χ2v) is 7.29. The summed E-state index contributed by atoms with van der Waals surface area (Å²) in [4.78, 5) is 25.8. The van der Waals surface area contributed by atoms with Gasteiger partial charge in [-0.1, -0.05) is 54.3 Å². The fourth-order valence-electron chi connectivity index (χ4n) is 3.18. The molecular formula is C26H26N4O3. The Kier molecular flexibility index (Phi) is 8.06. The van der Waals surface area contributed by atoms with Crippen LogP contribution < -0.4 is 16.0 Å². The molecular weight excluding hydrogens is 416 g/mol. The van der Waals surface area contributed by atoms with Gasteiger partial charge in [0.2, 0.25) is 0 Å². The minimum absolute atomic E-state index is 0.214.